The van der Waals surface area contributed by atoms with Gasteiger partial charge in [0.05, 0.1) is 0 Å². The van der Waals surface area contributed by atoms with Crippen LogP contribution in [0.4, 0.5) is 0 Å². The first-order chi connectivity index (χ1) is 7.19. The molecule has 82 valence electrons. The number of hydrogen-bond acceptors (Lipinski definition) is 1. The highest BCUT2D eigenvalue weighted by Crippen LogP contribution is 2.20. The van der Waals surface area contributed by atoms with Crippen molar-refractivity contribution in [3.63, 3.8) is 0 Å². The Labute approximate surface area is 104 Å². The zero-order chi connectivity index (χ0) is 11.3. The van der Waals surface area contributed by atoms with Gasteiger partial charge < -0.3 is 0 Å². The second-order valence-corrected chi connectivity index (χ2v) is 4.61. The molecule has 15 heavy (non-hydrogen) atoms. The molecule has 0 unspecified atom stereocenters. The van der Waals surface area contributed by atoms with Crippen molar-refractivity contribution in [1.82, 2.24) is 0 Å². The summed E-state index contributed by atoms with van der Waals surface area (Å²) in [6, 6.07) is 5.79. The molecule has 1 aromatic rings. The van der Waals surface area contributed by atoms with Crippen molar-refractivity contribution in [2.75, 3.05) is 5.88 Å². The maximum atomic E-state index is 11.7. The van der Waals surface area contributed by atoms with Crippen LogP contribution in [0.2, 0.25) is 0 Å². The Morgan fingerprint density at radius 1 is 1.47 bits per heavy atom. The van der Waals surface area contributed by atoms with E-state index in [0.29, 0.717) is 12.3 Å². The van der Waals surface area contributed by atoms with Gasteiger partial charge in [-0.15, -0.1) is 11.6 Å². The van der Waals surface area contributed by atoms with Crippen LogP contribution >= 0.6 is 27.5 Å². The van der Waals surface area contributed by atoms with Crippen molar-refractivity contribution in [2.45, 2.75) is 26.2 Å². The molecular formula is C12H14BrClO. The van der Waals surface area contributed by atoms with Crippen LogP contribution in [0.15, 0.2) is 22.7 Å². The van der Waals surface area contributed by atoms with E-state index in [2.05, 4.69) is 22.9 Å². The van der Waals surface area contributed by atoms with Gasteiger partial charge in [-0.1, -0.05) is 35.0 Å². The van der Waals surface area contributed by atoms with Crippen LogP contribution in [0.3, 0.4) is 0 Å². The largest absolute Gasteiger partial charge is 0.294 e. The van der Waals surface area contributed by atoms with E-state index < -0.39 is 0 Å². The lowest BCUT2D eigenvalue weighted by Gasteiger charge is -2.04. The highest BCUT2D eigenvalue weighted by atomic mass is 79.9. The Morgan fingerprint density at radius 3 is 2.73 bits per heavy atom. The van der Waals surface area contributed by atoms with Crippen LogP contribution in [0.5, 0.6) is 0 Å². The molecule has 1 nitrogen and oxygen atoms in total. The van der Waals surface area contributed by atoms with E-state index >= 15 is 0 Å². The molecule has 0 aliphatic heterocycles. The number of rotatable bonds is 5. The molecule has 0 amide bonds. The first-order valence-electron chi connectivity index (χ1n) is 5.06. The number of ketones is 1. The number of carbonyl (C=O) groups excluding carboxylic acids is 1. The van der Waals surface area contributed by atoms with E-state index in [1.54, 1.807) is 0 Å². The van der Waals surface area contributed by atoms with E-state index in [1.807, 2.05) is 18.2 Å². The number of hydrogen-bond donors (Lipinski definition) is 0. The summed E-state index contributed by atoms with van der Waals surface area (Å²) in [5.41, 5.74) is 1.99. The Morgan fingerprint density at radius 2 is 2.20 bits per heavy atom. The zero-order valence-corrected chi connectivity index (χ0v) is 11.1. The summed E-state index contributed by atoms with van der Waals surface area (Å²) in [5, 5.41) is 0. The summed E-state index contributed by atoms with van der Waals surface area (Å²) in [6.07, 6.45) is 2.24. The van der Waals surface area contributed by atoms with Crippen molar-refractivity contribution in [3.05, 3.63) is 33.8 Å². The zero-order valence-electron chi connectivity index (χ0n) is 8.72. The molecule has 0 N–H and O–H groups in total. The van der Waals surface area contributed by atoms with E-state index in [0.717, 1.165) is 22.9 Å². The molecule has 0 aliphatic carbocycles. The molecule has 0 fully saturated rings. The second kappa shape index (κ2) is 6.29. The van der Waals surface area contributed by atoms with E-state index in [9.17, 15) is 4.79 Å². The van der Waals surface area contributed by atoms with Crippen molar-refractivity contribution in [1.29, 1.82) is 0 Å². The predicted octanol–water partition coefficient (Wildman–Crippen LogP) is 4.21. The van der Waals surface area contributed by atoms with Crippen LogP contribution in [0.1, 0.15) is 35.7 Å². The predicted molar refractivity (Wildman–Crippen MR) is 67.8 cm³/mol. The van der Waals surface area contributed by atoms with Crippen LogP contribution in [-0.4, -0.2) is 11.7 Å². The lowest BCUT2D eigenvalue weighted by atomic mass is 10.0. The third-order valence-electron chi connectivity index (χ3n) is 2.29. The minimum atomic E-state index is 0.166. The van der Waals surface area contributed by atoms with Gasteiger partial charge in [0.1, 0.15) is 0 Å². The van der Waals surface area contributed by atoms with Gasteiger partial charge in [0.15, 0.2) is 5.78 Å². The normalized spacial score (nSPS) is 10.3. The van der Waals surface area contributed by atoms with Gasteiger partial charge in [-0.2, -0.15) is 0 Å². The first kappa shape index (κ1) is 12.7. The summed E-state index contributed by atoms with van der Waals surface area (Å²) in [6.45, 7) is 2.09. The van der Waals surface area contributed by atoms with Gasteiger partial charge in [-0.25, -0.2) is 0 Å². The molecule has 0 saturated carbocycles. The maximum absolute atomic E-state index is 11.7. The molecule has 0 aromatic heterocycles. The topological polar surface area (TPSA) is 17.1 Å². The van der Waals surface area contributed by atoms with Crippen LogP contribution < -0.4 is 0 Å². The van der Waals surface area contributed by atoms with Crippen LogP contribution in [0.25, 0.3) is 0 Å². The van der Waals surface area contributed by atoms with Gasteiger partial charge in [0.25, 0.3) is 0 Å². The number of carbonyl (C=O) groups is 1. The van der Waals surface area contributed by atoms with E-state index in [4.69, 9.17) is 11.6 Å². The molecule has 1 rings (SSSR count). The van der Waals surface area contributed by atoms with Gasteiger partial charge >= 0.3 is 0 Å². The molecule has 0 heterocycles. The third kappa shape index (κ3) is 3.62. The minimum Gasteiger partial charge on any atom is -0.294 e. The molecule has 0 bridgehead atoms. The highest BCUT2D eigenvalue weighted by molar-refractivity contribution is 9.10. The van der Waals surface area contributed by atoms with Gasteiger partial charge in [0.2, 0.25) is 0 Å². The molecular weight excluding hydrogens is 275 g/mol. The minimum absolute atomic E-state index is 0.166. The average molecular weight is 290 g/mol. The van der Waals surface area contributed by atoms with E-state index in [-0.39, 0.29) is 5.78 Å². The summed E-state index contributed by atoms with van der Waals surface area (Å²) < 4.78 is 1.02. The molecule has 1 aromatic carbocycles. The number of Topliss-reactive ketones (excluding diaryl/α,β-unsaturated/α-hetero) is 1. The molecule has 0 radical (unpaired) electrons. The average Bonchev–Trinajstić information content (AvgIpc) is 2.25. The highest BCUT2D eigenvalue weighted by Gasteiger charge is 2.07. The van der Waals surface area contributed by atoms with Crippen molar-refractivity contribution in [2.24, 2.45) is 0 Å². The molecule has 0 aliphatic rings. The summed E-state index contributed by atoms with van der Waals surface area (Å²) in [4.78, 5) is 11.7. The second-order valence-electron chi connectivity index (χ2n) is 3.38. The molecule has 3 heteroatoms. The van der Waals surface area contributed by atoms with Crippen LogP contribution in [0, 0.1) is 0 Å². The Hall–Kier alpha value is -0.340. The smallest absolute Gasteiger partial charge is 0.162 e. The maximum Gasteiger partial charge on any atom is 0.162 e. The quantitative estimate of drug-likeness (QED) is 0.586. The SMILES string of the molecule is CCc1ccc(C(=O)CCCCl)cc1Br. The fourth-order valence-electron chi connectivity index (χ4n) is 1.38. The van der Waals surface area contributed by atoms with E-state index in [1.165, 1.54) is 5.56 Å². The first-order valence-corrected chi connectivity index (χ1v) is 6.39. The summed E-state index contributed by atoms with van der Waals surface area (Å²) in [7, 11) is 0. The Bertz CT molecular complexity index is 349. The number of aryl methyl sites for hydroxylation is 1. The van der Waals surface area contributed by atoms with Gasteiger partial charge in [-0.05, 0) is 24.5 Å². The molecule has 0 atom stereocenters. The Kier molecular flexibility index (Phi) is 5.34. The molecule has 0 saturated heterocycles. The number of benzene rings is 1. The number of alkyl halides is 1. The third-order valence-corrected chi connectivity index (χ3v) is 3.30. The fourth-order valence-corrected chi connectivity index (χ4v) is 2.17. The monoisotopic (exact) mass is 288 g/mol. The van der Waals surface area contributed by atoms with Crippen LogP contribution in [-0.2, 0) is 6.42 Å². The standard InChI is InChI=1S/C12H14BrClO/c1-2-9-5-6-10(8-11(9)13)12(15)4-3-7-14/h5-6,8H,2-4,7H2,1H3. The fraction of sp³-hybridized carbons (Fsp3) is 0.417. The lowest BCUT2D eigenvalue weighted by Crippen LogP contribution is -2.00. The summed E-state index contributed by atoms with van der Waals surface area (Å²) in [5.74, 6) is 0.707. The van der Waals surface area contributed by atoms with Crippen molar-refractivity contribution in [3.8, 4) is 0 Å². The lowest BCUT2D eigenvalue weighted by molar-refractivity contribution is 0.0982. The summed E-state index contributed by atoms with van der Waals surface area (Å²) >= 11 is 9.02. The number of halogens is 2. The Balaban J connectivity index is 2.78. The molecule has 0 spiro atoms. The van der Waals surface area contributed by atoms with Gasteiger partial charge in [0, 0.05) is 22.3 Å². The van der Waals surface area contributed by atoms with Crippen molar-refractivity contribution < 1.29 is 4.79 Å². The van der Waals surface area contributed by atoms with Crippen molar-refractivity contribution >= 4 is 33.3 Å². The van der Waals surface area contributed by atoms with Gasteiger partial charge in [-0.3, -0.25) is 4.79 Å².